The zero-order valence-electron chi connectivity index (χ0n) is 6.26. The van der Waals surface area contributed by atoms with Crippen molar-refractivity contribution in [1.82, 2.24) is 0 Å². The normalized spacial score (nSPS) is 8.20. The maximum absolute atomic E-state index is 3.79. The van der Waals surface area contributed by atoms with Crippen molar-refractivity contribution in [2.45, 2.75) is 6.92 Å². The Morgan fingerprint density at radius 3 is 2.30 bits per heavy atom. The molecule has 0 radical (unpaired) electrons. The standard InChI is InChI=1S/C9H10N/c1-8-3-5-9(6-4-8)7-10-2/h3-6H,1-2H3/q+1. The van der Waals surface area contributed by atoms with Crippen LogP contribution in [-0.2, 0) is 0 Å². The van der Waals surface area contributed by atoms with Crippen LogP contribution >= 0.6 is 0 Å². The fraction of sp³-hybridized carbons (Fsp3) is 0.222. The smallest absolute Gasteiger partial charge is 0.0813 e. The Kier molecular flexibility index (Phi) is 2.07. The molecule has 0 saturated heterocycles. The Labute approximate surface area is 61.1 Å². The Hall–Kier alpha value is -1.29. The van der Waals surface area contributed by atoms with Gasteiger partial charge in [-0.25, -0.2) is 0 Å². The molecule has 0 aromatic heterocycles. The Morgan fingerprint density at radius 1 is 1.20 bits per heavy atom. The van der Waals surface area contributed by atoms with E-state index in [9.17, 15) is 0 Å². The van der Waals surface area contributed by atoms with E-state index in [2.05, 4.69) is 17.8 Å². The highest BCUT2D eigenvalue weighted by Crippen LogP contribution is 2.00. The third-order valence-electron chi connectivity index (χ3n) is 1.29. The summed E-state index contributed by atoms with van der Waals surface area (Å²) in [5, 5.41) is 0. The van der Waals surface area contributed by atoms with Crippen LogP contribution in [-0.4, -0.2) is 7.05 Å². The van der Waals surface area contributed by atoms with E-state index in [1.165, 1.54) is 5.56 Å². The molecule has 0 bridgehead atoms. The number of aryl methyl sites for hydroxylation is 1. The summed E-state index contributed by atoms with van der Waals surface area (Å²) in [6, 6.07) is 11.0. The first-order chi connectivity index (χ1) is 4.83. The number of rotatable bonds is 0. The first kappa shape index (κ1) is 6.82. The highest BCUT2D eigenvalue weighted by Gasteiger charge is 1.90. The van der Waals surface area contributed by atoms with E-state index < -0.39 is 0 Å². The molecule has 0 atom stereocenters. The molecular weight excluding hydrogens is 122 g/mol. The van der Waals surface area contributed by atoms with Crippen LogP contribution in [0.5, 0.6) is 0 Å². The summed E-state index contributed by atoms with van der Waals surface area (Å²) in [5.74, 6) is 0. The van der Waals surface area contributed by atoms with Gasteiger partial charge in [0.2, 0.25) is 0 Å². The third kappa shape index (κ3) is 1.60. The summed E-state index contributed by atoms with van der Waals surface area (Å²) < 4.78 is 0. The zero-order valence-corrected chi connectivity index (χ0v) is 6.26. The van der Waals surface area contributed by atoms with Crippen molar-refractivity contribution in [3.8, 4) is 6.07 Å². The lowest BCUT2D eigenvalue weighted by molar-refractivity contribution is 1.46. The molecule has 0 N–H and O–H groups in total. The molecule has 1 rings (SSSR count). The molecule has 0 unspecified atom stereocenters. The molecule has 0 heterocycles. The molecule has 0 aliphatic heterocycles. The van der Waals surface area contributed by atoms with Gasteiger partial charge >= 0.3 is 6.07 Å². The van der Waals surface area contributed by atoms with Gasteiger partial charge in [-0.05, 0) is 19.1 Å². The van der Waals surface area contributed by atoms with E-state index in [1.807, 2.05) is 24.3 Å². The number of nitrogens with zero attached hydrogens (tertiary/aromatic N) is 1. The predicted molar refractivity (Wildman–Crippen MR) is 43.5 cm³/mol. The van der Waals surface area contributed by atoms with Crippen molar-refractivity contribution in [1.29, 1.82) is 0 Å². The summed E-state index contributed by atoms with van der Waals surface area (Å²) in [5.41, 5.74) is 2.30. The molecule has 1 nitrogen and oxygen atoms in total. The van der Waals surface area contributed by atoms with Crippen LogP contribution in [0.1, 0.15) is 11.1 Å². The molecule has 1 aromatic carbocycles. The van der Waals surface area contributed by atoms with Crippen molar-refractivity contribution < 1.29 is 0 Å². The average molecular weight is 132 g/mol. The highest BCUT2D eigenvalue weighted by molar-refractivity contribution is 5.33. The van der Waals surface area contributed by atoms with Crippen LogP contribution in [0.2, 0.25) is 0 Å². The molecule has 0 amide bonds. The summed E-state index contributed by atoms with van der Waals surface area (Å²) in [4.78, 5) is 3.79. The molecule has 10 heavy (non-hydrogen) atoms. The van der Waals surface area contributed by atoms with Gasteiger partial charge < -0.3 is 0 Å². The molecular formula is C9H10N+. The van der Waals surface area contributed by atoms with E-state index in [0.717, 1.165) is 5.56 Å². The summed E-state index contributed by atoms with van der Waals surface area (Å²) in [7, 11) is 1.72. The number of hydrogen-bond donors (Lipinski definition) is 0. The highest BCUT2D eigenvalue weighted by atomic mass is 14.6. The molecule has 50 valence electrons. The lowest BCUT2D eigenvalue weighted by Crippen LogP contribution is -1.73. The van der Waals surface area contributed by atoms with Gasteiger partial charge in [0.05, 0.1) is 0 Å². The maximum Gasteiger partial charge on any atom is 0.310 e. The van der Waals surface area contributed by atoms with Crippen LogP contribution in [0.15, 0.2) is 24.3 Å². The number of hydrogen-bond acceptors (Lipinski definition) is 0. The minimum atomic E-state index is 1.04. The van der Waals surface area contributed by atoms with E-state index >= 15 is 0 Å². The van der Waals surface area contributed by atoms with Gasteiger partial charge in [0, 0.05) is 0 Å². The van der Waals surface area contributed by atoms with Crippen LogP contribution in [0.3, 0.4) is 0 Å². The molecule has 0 aliphatic rings. The van der Waals surface area contributed by atoms with E-state index in [1.54, 1.807) is 7.05 Å². The molecule has 0 aliphatic carbocycles. The van der Waals surface area contributed by atoms with Crippen molar-refractivity contribution in [2.75, 3.05) is 7.05 Å². The fourth-order valence-corrected chi connectivity index (χ4v) is 0.757. The summed E-state index contributed by atoms with van der Waals surface area (Å²) in [6.45, 7) is 2.06. The molecule has 0 saturated carbocycles. The second kappa shape index (κ2) is 3.03. The van der Waals surface area contributed by atoms with Gasteiger partial charge in [0.15, 0.2) is 0 Å². The minimum Gasteiger partial charge on any atom is -0.0813 e. The second-order valence-corrected chi connectivity index (χ2v) is 2.20. The zero-order chi connectivity index (χ0) is 7.40. The van der Waals surface area contributed by atoms with E-state index in [-0.39, 0.29) is 0 Å². The van der Waals surface area contributed by atoms with Gasteiger partial charge in [-0.2, -0.15) is 0 Å². The Balaban J connectivity index is 2.97. The summed E-state index contributed by atoms with van der Waals surface area (Å²) >= 11 is 0. The average Bonchev–Trinajstić information content (AvgIpc) is 1.95. The van der Waals surface area contributed by atoms with Crippen LogP contribution < -0.4 is 0 Å². The van der Waals surface area contributed by atoms with Crippen molar-refractivity contribution in [3.63, 3.8) is 0 Å². The fourth-order valence-electron chi connectivity index (χ4n) is 0.757. The largest absolute Gasteiger partial charge is 0.310 e. The first-order valence-corrected chi connectivity index (χ1v) is 3.24. The van der Waals surface area contributed by atoms with Crippen LogP contribution in [0.4, 0.5) is 0 Å². The van der Waals surface area contributed by atoms with Crippen molar-refractivity contribution in [2.24, 2.45) is 0 Å². The van der Waals surface area contributed by atoms with Crippen molar-refractivity contribution >= 4 is 0 Å². The monoisotopic (exact) mass is 132 g/mol. The topological polar surface area (TPSA) is 4.36 Å². The van der Waals surface area contributed by atoms with E-state index in [0.29, 0.717) is 0 Å². The lowest BCUT2D eigenvalue weighted by atomic mass is 10.2. The Bertz CT molecular complexity index is 261. The second-order valence-electron chi connectivity index (χ2n) is 2.20. The quantitative estimate of drug-likeness (QED) is 0.510. The first-order valence-electron chi connectivity index (χ1n) is 3.24. The van der Waals surface area contributed by atoms with Crippen LogP contribution in [0.25, 0.3) is 4.85 Å². The third-order valence-corrected chi connectivity index (χ3v) is 1.29. The van der Waals surface area contributed by atoms with Gasteiger partial charge in [-0.15, -0.1) is 0 Å². The lowest BCUT2D eigenvalue weighted by Gasteiger charge is -1.86. The minimum absolute atomic E-state index is 1.04. The van der Waals surface area contributed by atoms with Gasteiger partial charge in [-0.3, -0.25) is 0 Å². The predicted octanol–water partition coefficient (Wildman–Crippen LogP) is 2.31. The van der Waals surface area contributed by atoms with Gasteiger partial charge in [0.25, 0.3) is 7.05 Å². The molecule has 1 heteroatoms. The molecule has 1 aromatic rings. The van der Waals surface area contributed by atoms with Crippen LogP contribution in [0, 0.1) is 13.0 Å². The molecule has 0 fully saturated rings. The SMILES string of the molecule is C[N+]#Cc1ccc(C)cc1. The van der Waals surface area contributed by atoms with Crippen molar-refractivity contribution in [3.05, 3.63) is 40.2 Å². The van der Waals surface area contributed by atoms with Gasteiger partial charge in [0.1, 0.15) is 5.56 Å². The number of benzene rings is 1. The summed E-state index contributed by atoms with van der Waals surface area (Å²) in [6.07, 6.45) is 0. The maximum atomic E-state index is 3.79. The Morgan fingerprint density at radius 2 is 1.80 bits per heavy atom. The van der Waals surface area contributed by atoms with Gasteiger partial charge in [-0.1, -0.05) is 22.5 Å². The molecule has 0 spiro atoms. The van der Waals surface area contributed by atoms with E-state index in [4.69, 9.17) is 0 Å².